The standard InChI is InChI=1S/C34H33F3O2S/c1-4-32(5-2)14-16-33(17-15-32)24-11-7-6-10-21(24)31-23-19-30(28(39-3)18-22(23)27(38)20-26(31)33)40-29-13-9-8-12-25(29)34(35,36)37/h6-13,18-20,38H,4-5,14-17H2,1-3H3. The zero-order chi connectivity index (χ0) is 28.3. The molecule has 4 aromatic carbocycles. The molecule has 40 heavy (non-hydrogen) atoms. The molecule has 208 valence electrons. The number of aromatic hydroxyl groups is 1. The third-order valence-electron chi connectivity index (χ3n) is 9.70. The lowest BCUT2D eigenvalue weighted by molar-refractivity contribution is -0.139. The van der Waals surface area contributed by atoms with Crippen LogP contribution in [0.25, 0.3) is 21.9 Å². The molecular formula is C34H33F3O2S. The summed E-state index contributed by atoms with van der Waals surface area (Å²) in [5.74, 6) is 0.605. The third-order valence-corrected chi connectivity index (χ3v) is 10.8. The van der Waals surface area contributed by atoms with E-state index in [1.807, 2.05) is 18.2 Å². The molecule has 0 aliphatic heterocycles. The molecule has 1 spiro atoms. The quantitative estimate of drug-likeness (QED) is 0.262. The highest BCUT2D eigenvalue weighted by Crippen LogP contribution is 2.62. The second-order valence-electron chi connectivity index (χ2n) is 11.3. The van der Waals surface area contributed by atoms with E-state index in [0.717, 1.165) is 78.4 Å². The van der Waals surface area contributed by atoms with Crippen molar-refractivity contribution < 1.29 is 23.0 Å². The van der Waals surface area contributed by atoms with E-state index in [2.05, 4.69) is 32.0 Å². The minimum atomic E-state index is -4.47. The number of methoxy groups -OCH3 is 1. The van der Waals surface area contributed by atoms with Gasteiger partial charge in [0.25, 0.3) is 0 Å². The van der Waals surface area contributed by atoms with E-state index in [1.165, 1.54) is 24.8 Å². The Labute approximate surface area is 237 Å². The molecule has 2 nitrogen and oxygen atoms in total. The molecule has 4 aromatic rings. The van der Waals surface area contributed by atoms with E-state index in [1.54, 1.807) is 12.1 Å². The lowest BCUT2D eigenvalue weighted by Gasteiger charge is -2.45. The van der Waals surface area contributed by atoms with Crippen molar-refractivity contribution in [2.75, 3.05) is 7.11 Å². The highest BCUT2D eigenvalue weighted by atomic mass is 32.2. The van der Waals surface area contributed by atoms with Crippen molar-refractivity contribution in [2.24, 2.45) is 5.41 Å². The molecule has 0 heterocycles. The van der Waals surface area contributed by atoms with E-state index in [-0.39, 0.29) is 16.1 Å². The van der Waals surface area contributed by atoms with Crippen molar-refractivity contribution in [3.63, 3.8) is 0 Å². The Morgan fingerprint density at radius 1 is 0.825 bits per heavy atom. The Kier molecular flexibility index (Phi) is 6.60. The Balaban J connectivity index is 1.56. The number of benzene rings is 4. The molecule has 0 bridgehead atoms. The second kappa shape index (κ2) is 9.76. The Bertz CT molecular complexity index is 1590. The summed E-state index contributed by atoms with van der Waals surface area (Å²) in [6.07, 6.45) is 2.15. The fraction of sp³-hybridized carbons (Fsp3) is 0.353. The number of halogens is 3. The van der Waals surface area contributed by atoms with Gasteiger partial charge in [0, 0.05) is 15.7 Å². The highest BCUT2D eigenvalue weighted by molar-refractivity contribution is 7.99. The van der Waals surface area contributed by atoms with Gasteiger partial charge in [0.15, 0.2) is 0 Å². The van der Waals surface area contributed by atoms with Crippen molar-refractivity contribution in [3.05, 3.63) is 83.4 Å². The molecule has 6 heteroatoms. The molecular weight excluding hydrogens is 529 g/mol. The monoisotopic (exact) mass is 562 g/mol. The van der Waals surface area contributed by atoms with Gasteiger partial charge in [0.2, 0.25) is 0 Å². The lowest BCUT2D eigenvalue weighted by Crippen LogP contribution is -2.36. The van der Waals surface area contributed by atoms with E-state index in [9.17, 15) is 18.3 Å². The molecule has 0 amide bonds. The summed E-state index contributed by atoms with van der Waals surface area (Å²) in [4.78, 5) is 0.696. The smallest absolute Gasteiger partial charge is 0.417 e. The minimum absolute atomic E-state index is 0.115. The summed E-state index contributed by atoms with van der Waals surface area (Å²) >= 11 is 1.05. The van der Waals surface area contributed by atoms with Gasteiger partial charge in [-0.05, 0) is 89.1 Å². The normalized spacial score (nSPS) is 17.1. The first-order valence-corrected chi connectivity index (χ1v) is 14.8. The number of phenols is 1. The SMILES string of the molecule is CCC1(CC)CCC2(CC1)c1ccccc1-c1c2cc(O)c2cc(OC)c(Sc3ccccc3C(F)(F)F)cc12. The van der Waals surface area contributed by atoms with Crippen molar-refractivity contribution >= 4 is 22.5 Å². The van der Waals surface area contributed by atoms with Gasteiger partial charge < -0.3 is 9.84 Å². The first-order valence-electron chi connectivity index (χ1n) is 14.0. The van der Waals surface area contributed by atoms with Gasteiger partial charge in [0.1, 0.15) is 11.5 Å². The van der Waals surface area contributed by atoms with Gasteiger partial charge in [-0.2, -0.15) is 13.2 Å². The van der Waals surface area contributed by atoms with Crippen LogP contribution >= 0.6 is 11.8 Å². The average molecular weight is 563 g/mol. The maximum Gasteiger partial charge on any atom is 0.417 e. The maximum atomic E-state index is 13.8. The van der Waals surface area contributed by atoms with Crippen LogP contribution in [0.15, 0.2) is 76.5 Å². The largest absolute Gasteiger partial charge is 0.507 e. The number of hydrogen-bond acceptors (Lipinski definition) is 3. The number of ether oxygens (including phenoxy) is 1. The number of fused-ring (bicyclic) bond motifs is 7. The van der Waals surface area contributed by atoms with Gasteiger partial charge in [-0.15, -0.1) is 0 Å². The van der Waals surface area contributed by atoms with Crippen molar-refractivity contribution in [1.82, 2.24) is 0 Å². The van der Waals surface area contributed by atoms with E-state index in [0.29, 0.717) is 21.4 Å². The molecule has 2 aliphatic rings. The van der Waals surface area contributed by atoms with Gasteiger partial charge >= 0.3 is 6.18 Å². The van der Waals surface area contributed by atoms with Gasteiger partial charge in [-0.1, -0.05) is 74.8 Å². The zero-order valence-electron chi connectivity index (χ0n) is 23.0. The van der Waals surface area contributed by atoms with Crippen LogP contribution in [0, 0.1) is 5.41 Å². The Morgan fingerprint density at radius 3 is 2.17 bits per heavy atom. The lowest BCUT2D eigenvalue weighted by atomic mass is 9.58. The fourth-order valence-corrected chi connectivity index (χ4v) is 8.29. The molecule has 6 rings (SSSR count). The van der Waals surface area contributed by atoms with Crippen LogP contribution < -0.4 is 4.74 Å². The fourth-order valence-electron chi connectivity index (χ4n) is 7.19. The Hall–Kier alpha value is -3.12. The molecule has 0 atom stereocenters. The van der Waals surface area contributed by atoms with Crippen LogP contribution in [0.1, 0.15) is 69.1 Å². The van der Waals surface area contributed by atoms with Crippen LogP contribution in [-0.4, -0.2) is 12.2 Å². The summed E-state index contributed by atoms with van der Waals surface area (Å²) in [5.41, 5.74) is 4.16. The highest BCUT2D eigenvalue weighted by Gasteiger charge is 2.49. The van der Waals surface area contributed by atoms with Gasteiger partial charge in [-0.3, -0.25) is 0 Å². The number of phenolic OH excluding ortho intramolecular Hbond substituents is 1. The summed E-state index contributed by atoms with van der Waals surface area (Å²) < 4.78 is 47.1. The van der Waals surface area contributed by atoms with Gasteiger partial charge in [0.05, 0.1) is 17.6 Å². The minimum Gasteiger partial charge on any atom is -0.507 e. The average Bonchev–Trinajstić information content (AvgIpc) is 3.22. The third kappa shape index (κ3) is 4.09. The van der Waals surface area contributed by atoms with Gasteiger partial charge in [-0.25, -0.2) is 0 Å². The molecule has 0 aromatic heterocycles. The molecule has 1 fully saturated rings. The predicted molar refractivity (Wildman–Crippen MR) is 155 cm³/mol. The molecule has 0 unspecified atom stereocenters. The summed E-state index contributed by atoms with van der Waals surface area (Å²) in [6.45, 7) is 4.59. The zero-order valence-corrected chi connectivity index (χ0v) is 23.8. The van der Waals surface area contributed by atoms with Crippen molar-refractivity contribution in [2.45, 2.75) is 73.8 Å². The van der Waals surface area contributed by atoms with E-state index < -0.39 is 11.7 Å². The van der Waals surface area contributed by atoms with Crippen LogP contribution in [0.4, 0.5) is 13.2 Å². The second-order valence-corrected chi connectivity index (χ2v) is 12.4. The van der Waals surface area contributed by atoms with Crippen LogP contribution in [0.3, 0.4) is 0 Å². The summed E-state index contributed by atoms with van der Waals surface area (Å²) in [5, 5.41) is 12.8. The number of rotatable bonds is 5. The molecule has 0 radical (unpaired) electrons. The molecule has 1 N–H and O–H groups in total. The molecule has 2 aliphatic carbocycles. The van der Waals surface area contributed by atoms with Crippen LogP contribution in [0.2, 0.25) is 0 Å². The summed E-state index contributed by atoms with van der Waals surface area (Å²) in [6, 6.07) is 19.7. The summed E-state index contributed by atoms with van der Waals surface area (Å²) in [7, 11) is 1.51. The van der Waals surface area contributed by atoms with Crippen LogP contribution in [-0.2, 0) is 11.6 Å². The number of alkyl halides is 3. The van der Waals surface area contributed by atoms with E-state index in [4.69, 9.17) is 4.74 Å². The van der Waals surface area contributed by atoms with Crippen molar-refractivity contribution in [1.29, 1.82) is 0 Å². The maximum absolute atomic E-state index is 13.8. The topological polar surface area (TPSA) is 29.5 Å². The van der Waals surface area contributed by atoms with E-state index >= 15 is 0 Å². The number of hydrogen-bond donors (Lipinski definition) is 1. The first-order chi connectivity index (χ1) is 19.2. The molecule has 0 saturated heterocycles. The first kappa shape index (κ1) is 27.1. The predicted octanol–water partition coefficient (Wildman–Crippen LogP) is 10.4. The van der Waals surface area contributed by atoms with Crippen LogP contribution in [0.5, 0.6) is 11.5 Å². The molecule has 1 saturated carbocycles. The van der Waals surface area contributed by atoms with Crippen molar-refractivity contribution in [3.8, 4) is 22.6 Å². The Morgan fingerprint density at radius 2 is 1.50 bits per heavy atom.